The van der Waals surface area contributed by atoms with Crippen molar-refractivity contribution in [1.82, 2.24) is 4.98 Å². The van der Waals surface area contributed by atoms with E-state index in [1.807, 2.05) is 19.1 Å². The lowest BCUT2D eigenvalue weighted by Gasteiger charge is -2.00. The zero-order valence-electron chi connectivity index (χ0n) is 7.10. The summed E-state index contributed by atoms with van der Waals surface area (Å²) in [7, 11) is 0. The van der Waals surface area contributed by atoms with Gasteiger partial charge >= 0.3 is 0 Å². The van der Waals surface area contributed by atoms with Gasteiger partial charge in [-0.15, -0.1) is 0 Å². The SMILES string of the molecule is Cc1cccc2cc(F)c(=O)[nH]c12. The Labute approximate surface area is 74.0 Å². The number of H-pyrrole nitrogens is 1. The van der Waals surface area contributed by atoms with Crippen molar-refractivity contribution < 1.29 is 4.39 Å². The van der Waals surface area contributed by atoms with Gasteiger partial charge in [-0.05, 0) is 18.6 Å². The molecule has 0 atom stereocenters. The third-order valence-corrected chi connectivity index (χ3v) is 2.04. The Balaban J connectivity index is 2.97. The molecule has 0 fully saturated rings. The van der Waals surface area contributed by atoms with Crippen LogP contribution in [0.3, 0.4) is 0 Å². The molecule has 0 aliphatic rings. The van der Waals surface area contributed by atoms with Crippen molar-refractivity contribution in [2.45, 2.75) is 6.92 Å². The van der Waals surface area contributed by atoms with Gasteiger partial charge in [0.05, 0.1) is 5.52 Å². The van der Waals surface area contributed by atoms with Crippen LogP contribution in [0.25, 0.3) is 10.9 Å². The molecule has 0 aliphatic heterocycles. The molecular formula is C10H8FNO. The van der Waals surface area contributed by atoms with E-state index in [9.17, 15) is 9.18 Å². The van der Waals surface area contributed by atoms with Gasteiger partial charge in [-0.3, -0.25) is 4.79 Å². The fourth-order valence-electron chi connectivity index (χ4n) is 1.36. The molecule has 0 amide bonds. The first-order valence-electron chi connectivity index (χ1n) is 3.96. The molecule has 1 aromatic heterocycles. The second kappa shape index (κ2) is 2.69. The van der Waals surface area contributed by atoms with Crippen LogP contribution < -0.4 is 5.56 Å². The molecule has 13 heavy (non-hydrogen) atoms. The first-order valence-corrected chi connectivity index (χ1v) is 3.96. The Morgan fingerprint density at radius 1 is 1.38 bits per heavy atom. The van der Waals surface area contributed by atoms with Crippen LogP contribution in [-0.4, -0.2) is 4.98 Å². The predicted octanol–water partition coefficient (Wildman–Crippen LogP) is 1.98. The summed E-state index contributed by atoms with van der Waals surface area (Å²) in [4.78, 5) is 13.5. The van der Waals surface area contributed by atoms with Crippen LogP contribution >= 0.6 is 0 Å². The van der Waals surface area contributed by atoms with Crippen molar-refractivity contribution >= 4 is 10.9 Å². The molecule has 3 heteroatoms. The number of hydrogen-bond donors (Lipinski definition) is 1. The molecular weight excluding hydrogens is 169 g/mol. The van der Waals surface area contributed by atoms with E-state index in [1.54, 1.807) is 6.07 Å². The summed E-state index contributed by atoms with van der Waals surface area (Å²) in [6.07, 6.45) is 0. The second-order valence-electron chi connectivity index (χ2n) is 2.99. The number of aromatic nitrogens is 1. The fourth-order valence-corrected chi connectivity index (χ4v) is 1.36. The first-order chi connectivity index (χ1) is 6.18. The number of benzene rings is 1. The predicted molar refractivity (Wildman–Crippen MR) is 49.3 cm³/mol. The Kier molecular flexibility index (Phi) is 1.65. The maximum atomic E-state index is 12.8. The van der Waals surface area contributed by atoms with Crippen LogP contribution in [0.15, 0.2) is 29.1 Å². The van der Waals surface area contributed by atoms with E-state index in [4.69, 9.17) is 0 Å². The molecule has 2 aromatic rings. The summed E-state index contributed by atoms with van der Waals surface area (Å²) in [5.74, 6) is -0.738. The molecule has 0 unspecified atom stereocenters. The minimum absolute atomic E-state index is 0.665. The van der Waals surface area contributed by atoms with Crippen molar-refractivity contribution in [3.8, 4) is 0 Å². The van der Waals surface area contributed by atoms with Gasteiger partial charge in [0.1, 0.15) is 0 Å². The van der Waals surface area contributed by atoms with Gasteiger partial charge in [0, 0.05) is 5.39 Å². The van der Waals surface area contributed by atoms with Crippen molar-refractivity contribution in [1.29, 1.82) is 0 Å². The third kappa shape index (κ3) is 1.22. The van der Waals surface area contributed by atoms with Gasteiger partial charge in [-0.1, -0.05) is 18.2 Å². The van der Waals surface area contributed by atoms with Crippen LogP contribution in [0.1, 0.15) is 5.56 Å². The van der Waals surface area contributed by atoms with Crippen LogP contribution in [0, 0.1) is 12.7 Å². The number of halogens is 1. The summed E-state index contributed by atoms with van der Waals surface area (Å²) < 4.78 is 12.8. The normalized spacial score (nSPS) is 10.6. The molecule has 2 nitrogen and oxygen atoms in total. The number of aryl methyl sites for hydroxylation is 1. The molecule has 66 valence electrons. The second-order valence-corrected chi connectivity index (χ2v) is 2.99. The molecule has 2 rings (SSSR count). The summed E-state index contributed by atoms with van der Waals surface area (Å²) in [6.45, 7) is 1.87. The first kappa shape index (κ1) is 7.98. The highest BCUT2D eigenvalue weighted by Gasteiger charge is 2.02. The van der Waals surface area contributed by atoms with E-state index in [0.29, 0.717) is 5.52 Å². The van der Waals surface area contributed by atoms with Gasteiger partial charge in [0.2, 0.25) is 0 Å². The molecule has 0 radical (unpaired) electrons. The zero-order valence-corrected chi connectivity index (χ0v) is 7.10. The van der Waals surface area contributed by atoms with Crippen molar-refractivity contribution in [2.75, 3.05) is 0 Å². The lowest BCUT2D eigenvalue weighted by molar-refractivity contribution is 0.612. The quantitative estimate of drug-likeness (QED) is 0.655. The van der Waals surface area contributed by atoms with Crippen molar-refractivity contribution in [2.24, 2.45) is 0 Å². The standard InChI is InChI=1S/C10H8FNO/c1-6-3-2-4-7-5-8(11)10(13)12-9(6)7/h2-5H,1H3,(H,12,13). The Bertz CT molecular complexity index is 516. The van der Waals surface area contributed by atoms with E-state index in [-0.39, 0.29) is 0 Å². The molecule has 0 saturated carbocycles. The fraction of sp³-hybridized carbons (Fsp3) is 0.100. The summed E-state index contributed by atoms with van der Waals surface area (Å²) in [5, 5.41) is 0.720. The highest BCUT2D eigenvalue weighted by molar-refractivity contribution is 5.81. The van der Waals surface area contributed by atoms with Crippen molar-refractivity contribution in [3.05, 3.63) is 46.0 Å². The molecule has 0 saturated heterocycles. The van der Waals surface area contributed by atoms with E-state index < -0.39 is 11.4 Å². The van der Waals surface area contributed by atoms with E-state index in [2.05, 4.69) is 4.98 Å². The number of rotatable bonds is 0. The monoisotopic (exact) mass is 177 g/mol. The zero-order chi connectivity index (χ0) is 9.42. The molecule has 1 aromatic carbocycles. The number of para-hydroxylation sites is 1. The van der Waals surface area contributed by atoms with Crippen LogP contribution in [0.5, 0.6) is 0 Å². The number of aromatic amines is 1. The Morgan fingerprint density at radius 2 is 2.15 bits per heavy atom. The van der Waals surface area contributed by atoms with E-state index in [0.717, 1.165) is 10.9 Å². The number of pyridine rings is 1. The van der Waals surface area contributed by atoms with E-state index >= 15 is 0 Å². The smallest absolute Gasteiger partial charge is 0.284 e. The largest absolute Gasteiger partial charge is 0.319 e. The number of hydrogen-bond acceptors (Lipinski definition) is 1. The lowest BCUT2D eigenvalue weighted by Crippen LogP contribution is -2.10. The highest BCUT2D eigenvalue weighted by atomic mass is 19.1. The van der Waals surface area contributed by atoms with Crippen molar-refractivity contribution in [3.63, 3.8) is 0 Å². The maximum Gasteiger partial charge on any atom is 0.284 e. The van der Waals surface area contributed by atoms with Gasteiger partial charge in [-0.25, -0.2) is 4.39 Å². The van der Waals surface area contributed by atoms with Gasteiger partial charge in [0.15, 0.2) is 5.82 Å². The Morgan fingerprint density at radius 3 is 2.92 bits per heavy atom. The van der Waals surface area contributed by atoms with Crippen LogP contribution in [-0.2, 0) is 0 Å². The van der Waals surface area contributed by atoms with Crippen LogP contribution in [0.4, 0.5) is 4.39 Å². The van der Waals surface area contributed by atoms with Crippen LogP contribution in [0.2, 0.25) is 0 Å². The molecule has 1 N–H and O–H groups in total. The summed E-state index contributed by atoms with van der Waals surface area (Å²) in [6, 6.07) is 6.72. The summed E-state index contributed by atoms with van der Waals surface area (Å²) in [5.41, 5.74) is 0.977. The third-order valence-electron chi connectivity index (χ3n) is 2.04. The van der Waals surface area contributed by atoms with E-state index in [1.165, 1.54) is 6.07 Å². The summed E-state index contributed by atoms with van der Waals surface area (Å²) >= 11 is 0. The lowest BCUT2D eigenvalue weighted by atomic mass is 10.1. The molecule has 0 bridgehead atoms. The minimum Gasteiger partial charge on any atom is -0.319 e. The molecule has 1 heterocycles. The Hall–Kier alpha value is -1.64. The van der Waals surface area contributed by atoms with Gasteiger partial charge < -0.3 is 4.98 Å². The number of fused-ring (bicyclic) bond motifs is 1. The molecule has 0 aliphatic carbocycles. The van der Waals surface area contributed by atoms with Gasteiger partial charge in [0.25, 0.3) is 5.56 Å². The topological polar surface area (TPSA) is 32.9 Å². The molecule has 0 spiro atoms. The maximum absolute atomic E-state index is 12.8. The minimum atomic E-state index is -0.738. The number of nitrogens with one attached hydrogen (secondary N) is 1. The highest BCUT2D eigenvalue weighted by Crippen LogP contribution is 2.13. The average molecular weight is 177 g/mol. The average Bonchev–Trinajstić information content (AvgIpc) is 2.09. The van der Waals surface area contributed by atoms with Gasteiger partial charge in [-0.2, -0.15) is 0 Å².